The number of allylic oxidation sites excluding steroid dienone is 1. The van der Waals surface area contributed by atoms with E-state index in [-0.39, 0.29) is 99.3 Å². The van der Waals surface area contributed by atoms with E-state index in [0.717, 1.165) is 121 Å². The molecule has 9 N–H and O–H groups in total. The molecular formula is C75H119N5O11. The van der Waals surface area contributed by atoms with Crippen molar-refractivity contribution in [3.05, 3.63) is 12.2 Å². The Kier molecular flexibility index (Phi) is 20.4. The van der Waals surface area contributed by atoms with Crippen LogP contribution in [0.4, 0.5) is 0 Å². The molecule has 0 amide bonds. The molecule has 510 valence electrons. The molecular weight excluding hydrogens is 1150 g/mol. The number of carboxylic acids is 1. The van der Waals surface area contributed by atoms with E-state index >= 15 is 0 Å². The molecule has 0 heterocycles. The number of rotatable bonds is 12. The smallest absolute Gasteiger partial charge is 0.305 e. The molecule has 0 aromatic carbocycles. The van der Waals surface area contributed by atoms with Crippen LogP contribution in [0.1, 0.15) is 236 Å². The van der Waals surface area contributed by atoms with Gasteiger partial charge in [0.05, 0.1) is 25.6 Å². The van der Waals surface area contributed by atoms with Crippen LogP contribution in [0.5, 0.6) is 0 Å². The predicted octanol–water partition coefficient (Wildman–Crippen LogP) is 13.2. The maximum atomic E-state index is 13.7. The number of nitrogens with zero attached hydrogens (tertiary/aromatic N) is 2. The van der Waals surface area contributed by atoms with Gasteiger partial charge in [-0.3, -0.25) is 28.8 Å². The van der Waals surface area contributed by atoms with Gasteiger partial charge in [-0.05, 0) is 245 Å². The molecule has 0 unspecified atom stereocenters. The normalized spacial score (nSPS) is 47.1. The number of oxime groups is 2. The van der Waals surface area contributed by atoms with E-state index < -0.39 is 11.4 Å². The highest BCUT2D eigenvalue weighted by atomic mass is 16.5. The van der Waals surface area contributed by atoms with Crippen LogP contribution in [0.3, 0.4) is 0 Å². The second-order valence-electron chi connectivity index (χ2n) is 34.3. The van der Waals surface area contributed by atoms with Crippen LogP contribution < -0.4 is 17.2 Å². The minimum Gasteiger partial charge on any atom is -0.481 e. The summed E-state index contributed by atoms with van der Waals surface area (Å²) in [5.74, 6) is 5.81. The van der Waals surface area contributed by atoms with Gasteiger partial charge in [0.1, 0.15) is 17.3 Å². The Balaban J connectivity index is 0.000000150. The number of ether oxygens (including phenoxy) is 2. The van der Waals surface area contributed by atoms with Crippen LogP contribution in [0.2, 0.25) is 0 Å². The zero-order chi connectivity index (χ0) is 66.2. The Labute approximate surface area is 544 Å². The van der Waals surface area contributed by atoms with Crippen LogP contribution in [0.15, 0.2) is 22.5 Å². The van der Waals surface area contributed by atoms with Gasteiger partial charge in [-0.2, -0.15) is 0 Å². The zero-order valence-electron chi connectivity index (χ0n) is 57.7. The SMILES string of the molecule is C=C1CC[C@@]2(C)[C@@H](C1)CC(=NO)[C@@H]1[C@@H]2C/C(=N/O)[C@]2(C)[C@@H]([C@H](C)CCC(=O)OC)CC[C@@H]12.COC(=O)CC[C@@H](C)[C@H]1CC[C@H]2[C@@H]3C(=O)C[C@@H]4CC(=O)CC[C@]4(C)[C@H]3CC(=O)[C@]12C.C[C@H](CCC(=O)O)[C@H]1CC[C@H]2[C@@H]3[C@H](N)C[C@@H]4C[C@H](N)CC[C@]4(C)[C@H]3C[C@H](N)[C@]12C. The summed E-state index contributed by atoms with van der Waals surface area (Å²) in [6.45, 7) is 24.8. The minimum atomic E-state index is -0.687. The van der Waals surface area contributed by atoms with Crippen LogP contribution in [-0.4, -0.2) is 94.5 Å². The third-order valence-corrected chi connectivity index (χ3v) is 30.9. The van der Waals surface area contributed by atoms with Crippen LogP contribution in [-0.2, 0) is 38.2 Å². The lowest BCUT2D eigenvalue weighted by Crippen LogP contribution is -2.65. The molecule has 0 bridgehead atoms. The fraction of sp³-hybridized carbons (Fsp3) is 0.867. The summed E-state index contributed by atoms with van der Waals surface area (Å²) < 4.78 is 9.65. The van der Waals surface area contributed by atoms with Crippen molar-refractivity contribution in [2.24, 2.45) is 167 Å². The first-order valence-corrected chi connectivity index (χ1v) is 36.2. The van der Waals surface area contributed by atoms with Gasteiger partial charge in [0.15, 0.2) is 0 Å². The number of nitrogens with two attached hydrogens (primary N) is 3. The number of carbonyl (C=O) groups excluding carboxylic acids is 5. The number of fused-ring (bicyclic) bond motifs is 15. The maximum Gasteiger partial charge on any atom is 0.305 e. The van der Waals surface area contributed by atoms with E-state index in [2.05, 4.69) is 79.2 Å². The first-order valence-electron chi connectivity index (χ1n) is 36.2. The van der Waals surface area contributed by atoms with Crippen molar-refractivity contribution in [1.29, 1.82) is 0 Å². The van der Waals surface area contributed by atoms with Crippen LogP contribution >= 0.6 is 0 Å². The van der Waals surface area contributed by atoms with Gasteiger partial charge in [0.2, 0.25) is 0 Å². The van der Waals surface area contributed by atoms with Crippen molar-refractivity contribution in [3.63, 3.8) is 0 Å². The monoisotopic (exact) mass is 1270 g/mol. The Morgan fingerprint density at radius 3 is 1.71 bits per heavy atom. The Morgan fingerprint density at radius 1 is 0.571 bits per heavy atom. The largest absolute Gasteiger partial charge is 0.481 e. The highest BCUT2D eigenvalue weighted by molar-refractivity contribution is 5.97. The summed E-state index contributed by atoms with van der Waals surface area (Å²) >= 11 is 0. The van der Waals surface area contributed by atoms with Crippen molar-refractivity contribution in [1.82, 2.24) is 0 Å². The highest BCUT2D eigenvalue weighted by Gasteiger charge is 2.69. The quantitative estimate of drug-likeness (QED) is 0.0459. The van der Waals surface area contributed by atoms with Gasteiger partial charge in [0, 0.05) is 85.7 Å². The Morgan fingerprint density at radius 2 is 1.11 bits per heavy atom. The van der Waals surface area contributed by atoms with E-state index in [1.54, 1.807) is 0 Å². The van der Waals surface area contributed by atoms with Gasteiger partial charge in [-0.25, -0.2) is 0 Å². The average molecular weight is 1270 g/mol. The Hall–Kier alpha value is -4.02. The molecule has 0 spiro atoms. The molecule has 12 aliphatic carbocycles. The number of esters is 2. The molecule has 12 rings (SSSR count). The van der Waals surface area contributed by atoms with Gasteiger partial charge in [-0.1, -0.05) is 84.8 Å². The molecule has 0 aromatic heterocycles. The second kappa shape index (κ2) is 26.5. The number of hydrogen-bond donors (Lipinski definition) is 6. The third-order valence-electron chi connectivity index (χ3n) is 30.9. The van der Waals surface area contributed by atoms with Crippen molar-refractivity contribution in [3.8, 4) is 0 Å². The first kappa shape index (κ1) is 69.8. The van der Waals surface area contributed by atoms with Crippen molar-refractivity contribution in [2.45, 2.75) is 254 Å². The lowest BCUT2D eigenvalue weighted by atomic mass is 9.42. The van der Waals surface area contributed by atoms with Gasteiger partial charge in [0.25, 0.3) is 0 Å². The molecule has 0 aromatic rings. The highest BCUT2D eigenvalue weighted by Crippen LogP contribution is 2.71. The standard InChI is InChI=1S/C26H40N2O4.C25H36O5.C24H43N3O2/c1-15-10-11-25(3)17(12-15)13-21(27-30)24-19-8-7-18(16(2)6-9-23(29)32-5)26(19,4)22(28-31)14-20(24)25;1-14(5-8-22(29)30-4)17-6-7-18-23-19(13-21(28)25(17,18)3)24(2)10-9-16(26)11-15(24)12-20(23)27;1-13(4-7-21(28)29)16-5-6-17-22-18(12-20(27)24(16,17)3)23(2)9-8-15(25)10-14(23)11-19(22)26/h16-20,24,30-31H,1,6-14H2,2-5H3;14-15,17-19,23H,5-13H2,1-4H3;13-20,22H,4-12,25-27H2,1-3H3,(H,28,29)/b27-21?,28-22-;;/t16-,17+,18-,19+,20+,24+,25+,26-;14-,15+,17-,18+,19+,23+,24+,25-;13-,14+,15-,16-,17+,18+,19-,20+,22+,23+,24-/m111/s1. The number of hydrogen-bond acceptors (Lipinski definition) is 15. The van der Waals surface area contributed by atoms with Crippen LogP contribution in [0.25, 0.3) is 0 Å². The molecule has 91 heavy (non-hydrogen) atoms. The van der Waals surface area contributed by atoms with Crippen LogP contribution in [0, 0.1) is 139 Å². The number of methoxy groups -OCH3 is 2. The lowest BCUT2D eigenvalue weighted by molar-refractivity contribution is -0.166. The number of Topliss-reactive ketones (excluding diaryl/α,β-unsaturated/α-hetero) is 3. The van der Waals surface area contributed by atoms with Gasteiger partial charge < -0.3 is 42.2 Å². The number of carboxylic acid groups (broad SMARTS) is 1. The number of ketones is 3. The molecule has 12 saturated carbocycles. The second-order valence-corrected chi connectivity index (χ2v) is 34.3. The van der Waals surface area contributed by atoms with E-state index in [1.807, 2.05) is 0 Å². The summed E-state index contributed by atoms with van der Waals surface area (Å²) in [4.78, 5) is 73.6. The fourth-order valence-corrected chi connectivity index (χ4v) is 25.4. The Bertz CT molecular complexity index is 2840. The molecule has 27 atom stereocenters. The molecule has 16 heteroatoms. The van der Waals surface area contributed by atoms with Crippen molar-refractivity contribution in [2.75, 3.05) is 14.2 Å². The van der Waals surface area contributed by atoms with E-state index in [1.165, 1.54) is 39.1 Å². The van der Waals surface area contributed by atoms with Crippen molar-refractivity contribution < 1.29 is 53.8 Å². The van der Waals surface area contributed by atoms with Crippen molar-refractivity contribution >= 4 is 46.7 Å². The maximum absolute atomic E-state index is 13.7. The van der Waals surface area contributed by atoms with E-state index in [9.17, 15) is 39.2 Å². The van der Waals surface area contributed by atoms with E-state index in [4.69, 9.17) is 31.8 Å². The summed E-state index contributed by atoms with van der Waals surface area (Å²) in [5, 5.41) is 37.3. The number of aliphatic carboxylic acids is 1. The first-order chi connectivity index (χ1) is 42.9. The predicted molar refractivity (Wildman–Crippen MR) is 351 cm³/mol. The molecule has 0 saturated heterocycles. The minimum absolute atomic E-state index is 0.0417. The summed E-state index contributed by atoms with van der Waals surface area (Å²) in [6.07, 6.45) is 23.0. The fourth-order valence-electron chi connectivity index (χ4n) is 25.4. The summed E-state index contributed by atoms with van der Waals surface area (Å²) in [6, 6.07) is 0.783. The topological polar surface area (TPSA) is 284 Å². The lowest BCUT2D eigenvalue weighted by Gasteiger charge is -2.64. The van der Waals surface area contributed by atoms with Gasteiger partial charge in [-0.15, -0.1) is 0 Å². The van der Waals surface area contributed by atoms with E-state index in [0.29, 0.717) is 127 Å². The third kappa shape index (κ3) is 11.9. The van der Waals surface area contributed by atoms with Gasteiger partial charge >= 0.3 is 17.9 Å². The summed E-state index contributed by atoms with van der Waals surface area (Å²) in [7, 11) is 2.84. The summed E-state index contributed by atoms with van der Waals surface area (Å²) in [5.41, 5.74) is 23.2. The molecule has 16 nitrogen and oxygen atoms in total. The molecule has 12 fully saturated rings. The molecule has 0 aliphatic heterocycles. The molecule has 0 radical (unpaired) electrons. The average Bonchev–Trinajstić information content (AvgIpc) is 1.70. The zero-order valence-corrected chi connectivity index (χ0v) is 57.7. The molecule has 12 aliphatic rings. The number of carbonyl (C=O) groups is 6.